The van der Waals surface area contributed by atoms with Crippen molar-refractivity contribution in [2.75, 3.05) is 6.54 Å². The van der Waals surface area contributed by atoms with Crippen LogP contribution < -0.4 is 5.73 Å². The fourth-order valence-corrected chi connectivity index (χ4v) is 1.95. The highest BCUT2D eigenvalue weighted by Gasteiger charge is 2.09. The molecule has 0 aliphatic carbocycles. The summed E-state index contributed by atoms with van der Waals surface area (Å²) < 4.78 is 0. The molecule has 1 heterocycles. The number of nitrogens with one attached hydrogen (secondary N) is 1. The summed E-state index contributed by atoms with van der Waals surface area (Å²) in [7, 11) is 0. The second-order valence-corrected chi connectivity index (χ2v) is 3.78. The number of benzene rings is 1. The van der Waals surface area contributed by atoms with E-state index < -0.39 is 0 Å². The summed E-state index contributed by atoms with van der Waals surface area (Å²) in [6.07, 6.45) is 3.62. The Labute approximate surface area is 95.7 Å². The molecule has 0 saturated heterocycles. The molecule has 0 spiro atoms. The van der Waals surface area contributed by atoms with Gasteiger partial charge in [-0.25, -0.2) is 4.98 Å². The average Bonchev–Trinajstić information content (AvgIpc) is 2.78. The van der Waals surface area contributed by atoms with E-state index in [-0.39, 0.29) is 0 Å². The molecule has 3 nitrogen and oxygen atoms in total. The van der Waals surface area contributed by atoms with Gasteiger partial charge in [0.2, 0.25) is 0 Å². The number of H-pyrrole nitrogens is 1. The zero-order chi connectivity index (χ0) is 11.4. The summed E-state index contributed by atoms with van der Waals surface area (Å²) in [6.45, 7) is 2.80. The van der Waals surface area contributed by atoms with Gasteiger partial charge in [0.05, 0.1) is 12.0 Å². The summed E-state index contributed by atoms with van der Waals surface area (Å²) in [4.78, 5) is 7.58. The Morgan fingerprint density at radius 3 is 2.88 bits per heavy atom. The minimum Gasteiger partial charge on any atom is -0.348 e. The van der Waals surface area contributed by atoms with E-state index in [1.165, 1.54) is 16.8 Å². The summed E-state index contributed by atoms with van der Waals surface area (Å²) in [6, 6.07) is 8.33. The fraction of sp³-hybridized carbons (Fsp3) is 0.308. The molecule has 0 radical (unpaired) electrons. The molecular formula is C13H17N3. The van der Waals surface area contributed by atoms with E-state index in [4.69, 9.17) is 5.73 Å². The van der Waals surface area contributed by atoms with Crippen LogP contribution >= 0.6 is 0 Å². The van der Waals surface area contributed by atoms with Gasteiger partial charge in [-0.15, -0.1) is 0 Å². The first-order chi connectivity index (χ1) is 7.86. The van der Waals surface area contributed by atoms with Crippen LogP contribution in [0, 0.1) is 0 Å². The molecule has 84 valence electrons. The van der Waals surface area contributed by atoms with Crippen molar-refractivity contribution in [2.45, 2.75) is 19.8 Å². The molecule has 2 rings (SSSR count). The Hall–Kier alpha value is -1.61. The van der Waals surface area contributed by atoms with Gasteiger partial charge in [0.15, 0.2) is 0 Å². The number of aromatic amines is 1. The first kappa shape index (κ1) is 10.9. The number of nitrogens with two attached hydrogens (primary N) is 1. The molecule has 0 amide bonds. The first-order valence-corrected chi connectivity index (χ1v) is 5.67. The van der Waals surface area contributed by atoms with Gasteiger partial charge < -0.3 is 10.7 Å². The van der Waals surface area contributed by atoms with Gasteiger partial charge in [-0.3, -0.25) is 0 Å². The molecule has 0 aliphatic heterocycles. The van der Waals surface area contributed by atoms with Gasteiger partial charge in [0.25, 0.3) is 0 Å². The van der Waals surface area contributed by atoms with Crippen LogP contribution in [-0.2, 0) is 12.8 Å². The largest absolute Gasteiger partial charge is 0.348 e. The molecule has 0 unspecified atom stereocenters. The van der Waals surface area contributed by atoms with Gasteiger partial charge in [-0.1, -0.05) is 31.2 Å². The molecule has 0 fully saturated rings. The second kappa shape index (κ2) is 4.94. The van der Waals surface area contributed by atoms with Gasteiger partial charge in [-0.05, 0) is 24.9 Å². The SMILES string of the molecule is CCc1[nH]cnc1-c1ccccc1CCN. The quantitative estimate of drug-likeness (QED) is 0.821. The minimum atomic E-state index is 0.670. The third-order valence-electron chi connectivity index (χ3n) is 2.76. The monoisotopic (exact) mass is 215 g/mol. The van der Waals surface area contributed by atoms with Crippen LogP contribution in [0.15, 0.2) is 30.6 Å². The average molecular weight is 215 g/mol. The lowest BCUT2D eigenvalue weighted by molar-refractivity contribution is 0.968. The van der Waals surface area contributed by atoms with Crippen molar-refractivity contribution in [3.05, 3.63) is 41.9 Å². The predicted octanol–water partition coefficient (Wildman–Crippen LogP) is 2.14. The van der Waals surface area contributed by atoms with Crippen LogP contribution in [0.3, 0.4) is 0 Å². The highest BCUT2D eigenvalue weighted by molar-refractivity contribution is 5.65. The van der Waals surface area contributed by atoms with Crippen molar-refractivity contribution in [1.82, 2.24) is 9.97 Å². The number of hydrogen-bond donors (Lipinski definition) is 2. The fourth-order valence-electron chi connectivity index (χ4n) is 1.95. The van der Waals surface area contributed by atoms with Crippen LogP contribution in [0.2, 0.25) is 0 Å². The normalized spacial score (nSPS) is 10.6. The van der Waals surface area contributed by atoms with Crippen molar-refractivity contribution >= 4 is 0 Å². The maximum Gasteiger partial charge on any atom is 0.0929 e. The second-order valence-electron chi connectivity index (χ2n) is 3.78. The highest BCUT2D eigenvalue weighted by atomic mass is 14.9. The molecule has 3 N–H and O–H groups in total. The summed E-state index contributed by atoms with van der Waals surface area (Å²) in [5.41, 5.74) is 10.3. The Balaban J connectivity index is 2.46. The molecule has 2 aromatic rings. The van der Waals surface area contributed by atoms with E-state index in [1.807, 2.05) is 12.1 Å². The Kier molecular flexibility index (Phi) is 3.37. The van der Waals surface area contributed by atoms with Crippen molar-refractivity contribution in [3.63, 3.8) is 0 Å². The third-order valence-corrected chi connectivity index (χ3v) is 2.76. The topological polar surface area (TPSA) is 54.7 Å². The molecular weight excluding hydrogens is 198 g/mol. The van der Waals surface area contributed by atoms with Crippen molar-refractivity contribution in [2.24, 2.45) is 5.73 Å². The van der Waals surface area contributed by atoms with Gasteiger partial charge in [0, 0.05) is 11.3 Å². The minimum absolute atomic E-state index is 0.670. The lowest BCUT2D eigenvalue weighted by atomic mass is 10.0. The Morgan fingerprint density at radius 2 is 2.12 bits per heavy atom. The lowest BCUT2D eigenvalue weighted by Gasteiger charge is -2.07. The maximum absolute atomic E-state index is 5.63. The van der Waals surface area contributed by atoms with Crippen molar-refractivity contribution < 1.29 is 0 Å². The van der Waals surface area contributed by atoms with Crippen LogP contribution in [0.4, 0.5) is 0 Å². The van der Waals surface area contributed by atoms with Gasteiger partial charge in [0.1, 0.15) is 0 Å². The maximum atomic E-state index is 5.63. The van der Waals surface area contributed by atoms with Gasteiger partial charge in [-0.2, -0.15) is 0 Å². The van der Waals surface area contributed by atoms with Crippen LogP contribution in [0.5, 0.6) is 0 Å². The predicted molar refractivity (Wildman–Crippen MR) is 66.2 cm³/mol. The molecule has 1 aromatic carbocycles. The smallest absolute Gasteiger partial charge is 0.0929 e. The number of imidazole rings is 1. The zero-order valence-electron chi connectivity index (χ0n) is 9.53. The van der Waals surface area contributed by atoms with E-state index in [2.05, 4.69) is 29.0 Å². The van der Waals surface area contributed by atoms with Crippen LogP contribution in [0.1, 0.15) is 18.2 Å². The van der Waals surface area contributed by atoms with Crippen molar-refractivity contribution in [3.8, 4) is 11.3 Å². The van der Waals surface area contributed by atoms with E-state index in [0.29, 0.717) is 6.54 Å². The number of rotatable bonds is 4. The van der Waals surface area contributed by atoms with E-state index in [9.17, 15) is 0 Å². The van der Waals surface area contributed by atoms with Crippen LogP contribution in [-0.4, -0.2) is 16.5 Å². The van der Waals surface area contributed by atoms with Crippen molar-refractivity contribution in [1.29, 1.82) is 0 Å². The molecule has 0 aliphatic rings. The highest BCUT2D eigenvalue weighted by Crippen LogP contribution is 2.24. The van der Waals surface area contributed by atoms with E-state index >= 15 is 0 Å². The Bertz CT molecular complexity index is 460. The lowest BCUT2D eigenvalue weighted by Crippen LogP contribution is -2.04. The molecule has 16 heavy (non-hydrogen) atoms. The molecule has 1 aromatic heterocycles. The number of aryl methyl sites for hydroxylation is 1. The Morgan fingerprint density at radius 1 is 1.31 bits per heavy atom. The first-order valence-electron chi connectivity index (χ1n) is 5.67. The molecule has 0 atom stereocenters. The molecule has 0 bridgehead atoms. The number of nitrogens with zero attached hydrogens (tertiary/aromatic N) is 1. The molecule has 3 heteroatoms. The van der Waals surface area contributed by atoms with Gasteiger partial charge >= 0.3 is 0 Å². The number of hydrogen-bond acceptors (Lipinski definition) is 2. The molecule has 0 saturated carbocycles. The van der Waals surface area contributed by atoms with E-state index in [1.54, 1.807) is 6.33 Å². The van der Waals surface area contributed by atoms with Crippen LogP contribution in [0.25, 0.3) is 11.3 Å². The number of aromatic nitrogens is 2. The summed E-state index contributed by atoms with van der Waals surface area (Å²) in [5, 5.41) is 0. The summed E-state index contributed by atoms with van der Waals surface area (Å²) in [5.74, 6) is 0. The summed E-state index contributed by atoms with van der Waals surface area (Å²) >= 11 is 0. The standard InChI is InChI=1S/C13H17N3/c1-2-12-13(16-9-15-12)11-6-4-3-5-10(11)7-8-14/h3-6,9H,2,7-8,14H2,1H3,(H,15,16). The third kappa shape index (κ3) is 1.99. The van der Waals surface area contributed by atoms with E-state index in [0.717, 1.165) is 18.5 Å². The zero-order valence-corrected chi connectivity index (χ0v) is 9.53.